The fourth-order valence-corrected chi connectivity index (χ4v) is 2.43. The van der Waals surface area contributed by atoms with E-state index in [4.69, 9.17) is 11.6 Å². The molecule has 0 fully saturated rings. The van der Waals surface area contributed by atoms with Gasteiger partial charge >= 0.3 is 6.18 Å². The van der Waals surface area contributed by atoms with Crippen molar-refractivity contribution >= 4 is 11.6 Å². The Hall–Kier alpha value is -2.47. The van der Waals surface area contributed by atoms with Crippen LogP contribution in [0.25, 0.3) is 16.8 Å². The molecule has 0 aliphatic heterocycles. The summed E-state index contributed by atoms with van der Waals surface area (Å²) in [5, 5.41) is 3.19. The Bertz CT molecular complexity index is 912. The number of aromatic nitrogens is 2. The van der Waals surface area contributed by atoms with Crippen molar-refractivity contribution in [2.24, 2.45) is 0 Å². The highest BCUT2D eigenvalue weighted by atomic mass is 35.5. The highest BCUT2D eigenvalue weighted by molar-refractivity contribution is 6.30. The van der Waals surface area contributed by atoms with Gasteiger partial charge in [0.1, 0.15) is 0 Å². The zero-order valence-electron chi connectivity index (χ0n) is 11.6. The molecule has 1 N–H and O–H groups in total. The molecule has 3 rings (SSSR count). The number of nitrogens with zero attached hydrogens (tertiary/aromatic N) is 1. The van der Waals surface area contributed by atoms with Crippen molar-refractivity contribution in [2.75, 3.05) is 0 Å². The van der Waals surface area contributed by atoms with Gasteiger partial charge in [-0.1, -0.05) is 29.8 Å². The first-order valence-electron chi connectivity index (χ1n) is 6.60. The average molecular weight is 339 g/mol. The van der Waals surface area contributed by atoms with Crippen LogP contribution in [-0.2, 0) is 6.18 Å². The van der Waals surface area contributed by atoms with E-state index in [-0.39, 0.29) is 11.1 Å². The van der Waals surface area contributed by atoms with Gasteiger partial charge in [-0.2, -0.15) is 13.2 Å². The minimum atomic E-state index is -4.46. The molecule has 3 nitrogen and oxygen atoms in total. The van der Waals surface area contributed by atoms with Crippen LogP contribution in [0.15, 0.2) is 59.5 Å². The highest BCUT2D eigenvalue weighted by Crippen LogP contribution is 2.31. The molecule has 1 heterocycles. The third kappa shape index (κ3) is 3.03. The number of benzene rings is 2. The molecule has 0 atom stereocenters. The molecule has 0 saturated heterocycles. The highest BCUT2D eigenvalue weighted by Gasteiger charge is 2.30. The Labute approximate surface area is 133 Å². The molecule has 7 heteroatoms. The molecule has 118 valence electrons. The number of halogens is 4. The smallest absolute Gasteiger partial charge is 0.298 e. The van der Waals surface area contributed by atoms with Crippen molar-refractivity contribution in [3.63, 3.8) is 0 Å². The quantitative estimate of drug-likeness (QED) is 0.733. The van der Waals surface area contributed by atoms with E-state index < -0.39 is 17.3 Å². The van der Waals surface area contributed by atoms with Crippen LogP contribution >= 0.6 is 11.6 Å². The summed E-state index contributed by atoms with van der Waals surface area (Å²) in [6, 6.07) is 11.2. The summed E-state index contributed by atoms with van der Waals surface area (Å²) in [5.41, 5.74) is -0.407. The lowest BCUT2D eigenvalue weighted by Crippen LogP contribution is -2.15. The molecule has 0 unspecified atom stereocenters. The fourth-order valence-electron chi connectivity index (χ4n) is 2.25. The second kappa shape index (κ2) is 5.62. The van der Waals surface area contributed by atoms with Crippen molar-refractivity contribution < 1.29 is 13.2 Å². The van der Waals surface area contributed by atoms with Crippen LogP contribution < -0.4 is 5.56 Å². The Morgan fingerprint density at radius 1 is 1.04 bits per heavy atom. The normalized spacial score (nSPS) is 11.7. The Morgan fingerprint density at radius 3 is 2.48 bits per heavy atom. The molecule has 0 bridgehead atoms. The number of nitrogens with one attached hydrogen (secondary N) is 1. The van der Waals surface area contributed by atoms with Crippen LogP contribution in [0.4, 0.5) is 13.2 Å². The summed E-state index contributed by atoms with van der Waals surface area (Å²) in [6.45, 7) is 0. The van der Waals surface area contributed by atoms with E-state index >= 15 is 0 Å². The maximum atomic E-state index is 12.8. The maximum absolute atomic E-state index is 12.8. The van der Waals surface area contributed by atoms with Gasteiger partial charge in [-0.15, -0.1) is 0 Å². The summed E-state index contributed by atoms with van der Waals surface area (Å²) in [5.74, 6) is 0. The number of rotatable bonds is 2. The van der Waals surface area contributed by atoms with Gasteiger partial charge in [0.2, 0.25) is 0 Å². The molecule has 0 spiro atoms. The zero-order valence-corrected chi connectivity index (χ0v) is 12.3. The van der Waals surface area contributed by atoms with E-state index in [1.165, 1.54) is 23.0 Å². The molecular formula is C16H10ClF3N2O. The molecule has 0 radical (unpaired) electrons. The van der Waals surface area contributed by atoms with Gasteiger partial charge in [0, 0.05) is 11.2 Å². The van der Waals surface area contributed by atoms with Crippen LogP contribution in [0, 0.1) is 0 Å². The first-order valence-corrected chi connectivity index (χ1v) is 6.98. The maximum Gasteiger partial charge on any atom is 0.416 e. The predicted octanol–water partition coefficient (Wildman–Crippen LogP) is 4.50. The largest absolute Gasteiger partial charge is 0.416 e. The Balaban J connectivity index is 2.08. The van der Waals surface area contributed by atoms with Gasteiger partial charge in [-0.25, -0.2) is 4.68 Å². The van der Waals surface area contributed by atoms with Crippen molar-refractivity contribution in [3.05, 3.63) is 75.7 Å². The Morgan fingerprint density at radius 2 is 1.78 bits per heavy atom. The van der Waals surface area contributed by atoms with E-state index in [1.54, 1.807) is 24.3 Å². The van der Waals surface area contributed by atoms with Crippen molar-refractivity contribution in [2.45, 2.75) is 6.18 Å². The van der Waals surface area contributed by atoms with Gasteiger partial charge in [-0.05, 0) is 35.9 Å². The van der Waals surface area contributed by atoms with E-state index in [0.717, 1.165) is 12.1 Å². The molecule has 0 amide bonds. The standard InChI is InChI=1S/C16H10ClF3N2O/c17-12-5-2-6-13(8-12)22-15(23)14(9-21-22)10-3-1-4-11(7-10)16(18,19)20/h1-9,21H. The number of alkyl halides is 3. The molecule has 3 aromatic rings. The van der Waals surface area contributed by atoms with E-state index in [9.17, 15) is 18.0 Å². The molecule has 2 aromatic carbocycles. The van der Waals surface area contributed by atoms with Crippen LogP contribution in [0.2, 0.25) is 5.02 Å². The summed E-state index contributed by atoms with van der Waals surface area (Å²) < 4.78 is 39.6. The lowest BCUT2D eigenvalue weighted by molar-refractivity contribution is -0.137. The molecule has 0 saturated carbocycles. The topological polar surface area (TPSA) is 37.8 Å². The van der Waals surface area contributed by atoms with Gasteiger partial charge in [0.05, 0.1) is 16.8 Å². The van der Waals surface area contributed by atoms with E-state index in [1.807, 2.05) is 0 Å². The lowest BCUT2D eigenvalue weighted by atomic mass is 10.1. The van der Waals surface area contributed by atoms with Crippen molar-refractivity contribution in [1.29, 1.82) is 0 Å². The number of hydrogen-bond acceptors (Lipinski definition) is 1. The van der Waals surface area contributed by atoms with Gasteiger partial charge in [-0.3, -0.25) is 9.89 Å². The van der Waals surface area contributed by atoms with Crippen LogP contribution in [0.5, 0.6) is 0 Å². The van der Waals surface area contributed by atoms with Crippen LogP contribution in [-0.4, -0.2) is 9.78 Å². The zero-order chi connectivity index (χ0) is 16.6. The summed E-state index contributed by atoms with van der Waals surface area (Å²) in [6.07, 6.45) is -3.09. The molecule has 23 heavy (non-hydrogen) atoms. The van der Waals surface area contributed by atoms with Gasteiger partial charge in [0.25, 0.3) is 5.56 Å². The molecule has 0 aliphatic rings. The van der Waals surface area contributed by atoms with Crippen molar-refractivity contribution in [1.82, 2.24) is 9.78 Å². The molecule has 1 aromatic heterocycles. The number of hydrogen-bond donors (Lipinski definition) is 1. The Kier molecular flexibility index (Phi) is 3.77. The lowest BCUT2D eigenvalue weighted by Gasteiger charge is -2.07. The molecular weight excluding hydrogens is 329 g/mol. The van der Waals surface area contributed by atoms with E-state index in [0.29, 0.717) is 10.7 Å². The second-order valence-electron chi connectivity index (χ2n) is 4.89. The SMILES string of the molecule is O=c1c(-c2cccc(C(F)(F)F)c2)c[nH]n1-c1cccc(Cl)c1. The van der Waals surface area contributed by atoms with Crippen LogP contribution in [0.1, 0.15) is 5.56 Å². The average Bonchev–Trinajstić information content (AvgIpc) is 2.88. The predicted molar refractivity (Wildman–Crippen MR) is 81.8 cm³/mol. The number of aromatic amines is 1. The second-order valence-corrected chi connectivity index (χ2v) is 5.32. The summed E-state index contributed by atoms with van der Waals surface area (Å²) in [7, 11) is 0. The van der Waals surface area contributed by atoms with Crippen LogP contribution in [0.3, 0.4) is 0 Å². The monoisotopic (exact) mass is 338 g/mol. The summed E-state index contributed by atoms with van der Waals surface area (Å²) in [4.78, 5) is 12.4. The third-order valence-corrected chi connectivity index (χ3v) is 3.57. The molecule has 0 aliphatic carbocycles. The third-order valence-electron chi connectivity index (χ3n) is 3.34. The van der Waals surface area contributed by atoms with E-state index in [2.05, 4.69) is 5.10 Å². The fraction of sp³-hybridized carbons (Fsp3) is 0.0625. The van der Waals surface area contributed by atoms with Gasteiger partial charge in [0.15, 0.2) is 0 Å². The first kappa shape index (κ1) is 15.4. The minimum Gasteiger partial charge on any atom is -0.298 e. The summed E-state index contributed by atoms with van der Waals surface area (Å²) >= 11 is 5.89. The number of H-pyrrole nitrogens is 1. The van der Waals surface area contributed by atoms with Crippen molar-refractivity contribution in [3.8, 4) is 16.8 Å². The minimum absolute atomic E-state index is 0.149. The van der Waals surface area contributed by atoms with Gasteiger partial charge < -0.3 is 0 Å². The first-order chi connectivity index (χ1) is 10.9.